The van der Waals surface area contributed by atoms with Crippen LogP contribution in [0, 0.1) is 0 Å². The molecule has 2 aromatic carbocycles. The fourth-order valence-electron chi connectivity index (χ4n) is 2.54. The van der Waals surface area contributed by atoms with Crippen LogP contribution in [0.2, 0.25) is 0 Å². The summed E-state index contributed by atoms with van der Waals surface area (Å²) in [7, 11) is 0. The normalized spacial score (nSPS) is 11.8. The van der Waals surface area contributed by atoms with Crippen molar-refractivity contribution in [3.63, 3.8) is 0 Å². The fraction of sp³-hybridized carbons (Fsp3) is 0.167. The zero-order valence-corrected chi connectivity index (χ0v) is 14.3. The van der Waals surface area contributed by atoms with Gasteiger partial charge in [-0.2, -0.15) is 0 Å². The number of fused-ring (bicyclic) bond motifs is 1. The Kier molecular flexibility index (Phi) is 5.25. The van der Waals surface area contributed by atoms with Gasteiger partial charge in [0.1, 0.15) is 5.01 Å². The molecule has 4 N–H and O–H groups in total. The largest absolute Gasteiger partial charge is 0.352 e. The minimum Gasteiger partial charge on any atom is -0.352 e. The Hall–Kier alpha value is -2.93. The highest BCUT2D eigenvalue weighted by Crippen LogP contribution is 2.21. The van der Waals surface area contributed by atoms with E-state index in [-0.39, 0.29) is 12.3 Å². The lowest BCUT2D eigenvalue weighted by Crippen LogP contribution is -2.36. The first kappa shape index (κ1) is 16.9. The zero-order chi connectivity index (χ0) is 17.6. The minimum atomic E-state index is -0.659. The quantitative estimate of drug-likeness (QED) is 0.635. The third-order valence-corrected chi connectivity index (χ3v) is 4.72. The summed E-state index contributed by atoms with van der Waals surface area (Å²) in [4.78, 5) is 28.0. The van der Waals surface area contributed by atoms with Crippen molar-refractivity contribution in [3.05, 3.63) is 65.2 Å². The number of urea groups is 1. The summed E-state index contributed by atoms with van der Waals surface area (Å²) in [5, 5.41) is 6.30. The first-order valence-corrected chi connectivity index (χ1v) is 8.65. The maximum absolute atomic E-state index is 12.3. The number of amides is 3. The molecule has 6 nitrogen and oxygen atoms in total. The number of aromatic nitrogens is 1. The van der Waals surface area contributed by atoms with E-state index in [9.17, 15) is 9.59 Å². The second kappa shape index (κ2) is 7.76. The summed E-state index contributed by atoms with van der Waals surface area (Å²) >= 11 is 1.55. The van der Waals surface area contributed by atoms with Crippen molar-refractivity contribution in [3.8, 4) is 0 Å². The predicted molar refractivity (Wildman–Crippen MR) is 98.0 cm³/mol. The van der Waals surface area contributed by atoms with Gasteiger partial charge in [-0.05, 0) is 17.7 Å². The molecule has 1 heterocycles. The molecule has 3 aromatic rings. The van der Waals surface area contributed by atoms with Crippen molar-refractivity contribution >= 4 is 33.5 Å². The lowest BCUT2D eigenvalue weighted by Gasteiger charge is -2.17. The molecule has 1 aromatic heterocycles. The topological polar surface area (TPSA) is 97.1 Å². The lowest BCUT2D eigenvalue weighted by atomic mass is 10.0. The van der Waals surface area contributed by atoms with Gasteiger partial charge in [-0.15, -0.1) is 11.3 Å². The van der Waals surface area contributed by atoms with Gasteiger partial charge in [-0.1, -0.05) is 42.5 Å². The highest BCUT2D eigenvalue weighted by molar-refractivity contribution is 7.18. The number of carbonyl (C=O) groups is 2. The molecule has 0 fully saturated rings. The van der Waals surface area contributed by atoms with Gasteiger partial charge in [0, 0.05) is 0 Å². The standard InChI is InChI=1S/C18H18N4O2S/c19-18(24)22-14(12-6-2-1-3-7-12)10-16(23)20-11-17-21-13-8-4-5-9-15(13)25-17/h1-9,14H,10-11H2,(H,20,23)(H3,19,22,24)/t14-/m0/s1. The van der Waals surface area contributed by atoms with Gasteiger partial charge in [0.15, 0.2) is 0 Å². The molecule has 7 heteroatoms. The predicted octanol–water partition coefficient (Wildman–Crippen LogP) is 2.71. The Morgan fingerprint density at radius 2 is 1.80 bits per heavy atom. The molecule has 0 aliphatic carbocycles. The number of carbonyl (C=O) groups excluding carboxylic acids is 2. The lowest BCUT2D eigenvalue weighted by molar-refractivity contribution is -0.121. The van der Waals surface area contributed by atoms with Crippen molar-refractivity contribution in [2.75, 3.05) is 0 Å². The second-order valence-electron chi connectivity index (χ2n) is 5.53. The van der Waals surface area contributed by atoms with Crippen LogP contribution in [-0.2, 0) is 11.3 Å². The van der Waals surface area contributed by atoms with Crippen LogP contribution >= 0.6 is 11.3 Å². The molecule has 0 aliphatic rings. The second-order valence-corrected chi connectivity index (χ2v) is 6.64. The number of hydrogen-bond acceptors (Lipinski definition) is 4. The van der Waals surface area contributed by atoms with Crippen LogP contribution in [0.25, 0.3) is 10.2 Å². The number of hydrogen-bond donors (Lipinski definition) is 3. The van der Waals surface area contributed by atoms with E-state index in [1.54, 1.807) is 11.3 Å². The van der Waals surface area contributed by atoms with E-state index in [1.807, 2.05) is 54.6 Å². The van der Waals surface area contributed by atoms with Crippen LogP contribution in [0.4, 0.5) is 4.79 Å². The summed E-state index contributed by atoms with van der Waals surface area (Å²) in [6.07, 6.45) is 0.109. The molecule has 0 aliphatic heterocycles. The smallest absolute Gasteiger partial charge is 0.312 e. The molecular weight excluding hydrogens is 336 g/mol. The van der Waals surface area contributed by atoms with Gasteiger partial charge in [-0.25, -0.2) is 9.78 Å². The van der Waals surface area contributed by atoms with E-state index in [4.69, 9.17) is 5.73 Å². The summed E-state index contributed by atoms with van der Waals surface area (Å²) in [5.41, 5.74) is 6.98. The minimum absolute atomic E-state index is 0.109. The summed E-state index contributed by atoms with van der Waals surface area (Å²) in [6.45, 7) is 0.357. The molecule has 3 rings (SSSR count). The number of primary amides is 1. The average Bonchev–Trinajstić information content (AvgIpc) is 3.03. The molecule has 0 radical (unpaired) electrons. The van der Waals surface area contributed by atoms with Crippen LogP contribution in [0.1, 0.15) is 23.0 Å². The van der Waals surface area contributed by atoms with Crippen LogP contribution in [0.15, 0.2) is 54.6 Å². The Balaban J connectivity index is 1.62. The monoisotopic (exact) mass is 354 g/mol. The number of rotatable bonds is 6. The van der Waals surface area contributed by atoms with Crippen LogP contribution < -0.4 is 16.4 Å². The molecule has 25 heavy (non-hydrogen) atoms. The number of nitrogens with one attached hydrogen (secondary N) is 2. The third kappa shape index (κ3) is 4.54. The van der Waals surface area contributed by atoms with Crippen LogP contribution in [-0.4, -0.2) is 16.9 Å². The first-order chi connectivity index (χ1) is 12.1. The number of nitrogens with two attached hydrogens (primary N) is 1. The van der Waals surface area contributed by atoms with Crippen LogP contribution in [0.3, 0.4) is 0 Å². The third-order valence-electron chi connectivity index (χ3n) is 3.68. The highest BCUT2D eigenvalue weighted by Gasteiger charge is 2.17. The molecule has 128 valence electrons. The fourth-order valence-corrected chi connectivity index (χ4v) is 3.44. The number of nitrogens with zero attached hydrogens (tertiary/aromatic N) is 1. The number of thiazole rings is 1. The number of para-hydroxylation sites is 1. The summed E-state index contributed by atoms with van der Waals surface area (Å²) in [5.74, 6) is -0.179. The van der Waals surface area contributed by atoms with E-state index in [1.165, 1.54) is 0 Å². The Morgan fingerprint density at radius 1 is 1.08 bits per heavy atom. The van der Waals surface area contributed by atoms with Gasteiger partial charge in [0.05, 0.1) is 29.2 Å². The van der Waals surface area contributed by atoms with Crippen molar-refractivity contribution in [2.45, 2.75) is 19.0 Å². The highest BCUT2D eigenvalue weighted by atomic mass is 32.1. The average molecular weight is 354 g/mol. The van der Waals surface area contributed by atoms with Crippen LogP contribution in [0.5, 0.6) is 0 Å². The van der Waals surface area contributed by atoms with Gasteiger partial charge in [-0.3, -0.25) is 4.79 Å². The van der Waals surface area contributed by atoms with Gasteiger partial charge in [0.2, 0.25) is 5.91 Å². The molecule has 0 saturated heterocycles. The molecule has 1 atom stereocenters. The maximum Gasteiger partial charge on any atom is 0.312 e. The van der Waals surface area contributed by atoms with Crippen molar-refractivity contribution in [2.24, 2.45) is 5.73 Å². The molecule has 3 amide bonds. The van der Waals surface area contributed by atoms with E-state index >= 15 is 0 Å². The number of benzene rings is 2. The molecule has 0 spiro atoms. The zero-order valence-electron chi connectivity index (χ0n) is 13.4. The van der Waals surface area contributed by atoms with E-state index in [2.05, 4.69) is 15.6 Å². The van der Waals surface area contributed by atoms with E-state index in [0.29, 0.717) is 6.54 Å². The van der Waals surface area contributed by atoms with Gasteiger partial charge < -0.3 is 16.4 Å². The molecule has 0 bridgehead atoms. The maximum atomic E-state index is 12.3. The Morgan fingerprint density at radius 3 is 2.52 bits per heavy atom. The van der Waals surface area contributed by atoms with Crippen molar-refractivity contribution in [1.82, 2.24) is 15.6 Å². The van der Waals surface area contributed by atoms with E-state index in [0.717, 1.165) is 20.8 Å². The Labute approximate surface area is 149 Å². The summed E-state index contributed by atoms with van der Waals surface area (Å²) < 4.78 is 1.09. The van der Waals surface area contributed by atoms with Gasteiger partial charge in [0.25, 0.3) is 0 Å². The molecule has 0 saturated carbocycles. The van der Waals surface area contributed by atoms with Crippen molar-refractivity contribution < 1.29 is 9.59 Å². The van der Waals surface area contributed by atoms with Crippen molar-refractivity contribution in [1.29, 1.82) is 0 Å². The van der Waals surface area contributed by atoms with Gasteiger partial charge >= 0.3 is 6.03 Å². The summed E-state index contributed by atoms with van der Waals surface area (Å²) in [6, 6.07) is 16.0. The molecule has 0 unspecified atom stereocenters. The SMILES string of the molecule is NC(=O)N[C@@H](CC(=O)NCc1nc2ccccc2s1)c1ccccc1. The Bertz CT molecular complexity index is 846. The van der Waals surface area contributed by atoms with E-state index < -0.39 is 12.1 Å². The molecular formula is C18H18N4O2S. The first-order valence-electron chi connectivity index (χ1n) is 7.84.